The molecule has 1 aliphatic rings. The third-order valence-electron chi connectivity index (χ3n) is 3.95. The van der Waals surface area contributed by atoms with Gasteiger partial charge in [-0.05, 0) is 31.9 Å². The van der Waals surface area contributed by atoms with Crippen molar-refractivity contribution in [1.29, 1.82) is 0 Å². The van der Waals surface area contributed by atoms with Gasteiger partial charge in [-0.2, -0.15) is 13.2 Å². The van der Waals surface area contributed by atoms with Crippen molar-refractivity contribution in [3.8, 4) is 0 Å². The summed E-state index contributed by atoms with van der Waals surface area (Å²) in [6.07, 6.45) is -3.32. The van der Waals surface area contributed by atoms with Crippen LogP contribution in [-0.4, -0.2) is 30.2 Å². The van der Waals surface area contributed by atoms with Crippen LogP contribution in [0.2, 0.25) is 0 Å². The Hall–Kier alpha value is -1.07. The Kier molecular flexibility index (Phi) is 4.70. The van der Waals surface area contributed by atoms with Crippen LogP contribution in [0.5, 0.6) is 0 Å². The van der Waals surface area contributed by atoms with Crippen molar-refractivity contribution < 1.29 is 13.2 Å². The summed E-state index contributed by atoms with van der Waals surface area (Å²) in [6, 6.07) is 9.21. The fourth-order valence-corrected chi connectivity index (χ4v) is 3.02. The van der Waals surface area contributed by atoms with E-state index in [1.54, 1.807) is 0 Å². The maximum absolute atomic E-state index is 12.9. The summed E-state index contributed by atoms with van der Waals surface area (Å²) in [5, 5.41) is 0. The summed E-state index contributed by atoms with van der Waals surface area (Å²) in [7, 11) is 0. The van der Waals surface area contributed by atoms with Crippen LogP contribution >= 0.6 is 0 Å². The molecule has 1 fully saturated rings. The first kappa shape index (κ1) is 15.3. The summed E-state index contributed by atoms with van der Waals surface area (Å²) in [5.74, 6) is -1.23. The third-order valence-corrected chi connectivity index (χ3v) is 3.95. The Labute approximate surface area is 117 Å². The van der Waals surface area contributed by atoms with Crippen molar-refractivity contribution in [2.24, 2.45) is 11.7 Å². The number of nitrogens with zero attached hydrogens (tertiary/aromatic N) is 1. The summed E-state index contributed by atoms with van der Waals surface area (Å²) in [6.45, 7) is 2.58. The van der Waals surface area contributed by atoms with Gasteiger partial charge in [-0.1, -0.05) is 30.3 Å². The van der Waals surface area contributed by atoms with Crippen LogP contribution in [0, 0.1) is 5.92 Å². The normalized spacial score (nSPS) is 24.4. The predicted molar refractivity (Wildman–Crippen MR) is 73.2 cm³/mol. The Morgan fingerprint density at radius 2 is 1.90 bits per heavy atom. The molecule has 0 saturated carbocycles. The first-order chi connectivity index (χ1) is 9.39. The molecule has 1 aromatic rings. The van der Waals surface area contributed by atoms with E-state index in [0.29, 0.717) is 13.0 Å². The van der Waals surface area contributed by atoms with Gasteiger partial charge in [-0.3, -0.25) is 4.90 Å². The Bertz CT molecular complexity index is 417. The van der Waals surface area contributed by atoms with Crippen molar-refractivity contribution >= 4 is 0 Å². The lowest BCUT2D eigenvalue weighted by atomic mass is 9.92. The monoisotopic (exact) mass is 286 g/mol. The standard InChI is InChI=1S/C15H21F3N2/c1-11(19)14(12-6-3-2-4-7-12)20-9-5-8-13(10-20)15(16,17)18/h2-4,6-7,11,13-14H,5,8-10,19H2,1H3. The average Bonchev–Trinajstić information content (AvgIpc) is 2.39. The van der Waals surface area contributed by atoms with E-state index in [1.807, 2.05) is 42.2 Å². The second-order valence-electron chi connectivity index (χ2n) is 5.59. The van der Waals surface area contributed by atoms with Gasteiger partial charge in [0.15, 0.2) is 0 Å². The summed E-state index contributed by atoms with van der Waals surface area (Å²) >= 11 is 0. The zero-order valence-corrected chi connectivity index (χ0v) is 11.6. The fraction of sp³-hybridized carbons (Fsp3) is 0.600. The molecule has 2 nitrogen and oxygen atoms in total. The van der Waals surface area contributed by atoms with Gasteiger partial charge >= 0.3 is 6.18 Å². The van der Waals surface area contributed by atoms with Crippen molar-refractivity contribution in [2.75, 3.05) is 13.1 Å². The number of nitrogens with two attached hydrogens (primary N) is 1. The molecule has 112 valence electrons. The van der Waals surface area contributed by atoms with E-state index in [2.05, 4.69) is 0 Å². The molecule has 1 aromatic carbocycles. The topological polar surface area (TPSA) is 29.3 Å². The van der Waals surface area contributed by atoms with Gasteiger partial charge in [0.2, 0.25) is 0 Å². The molecule has 2 rings (SSSR count). The molecule has 3 atom stereocenters. The molecule has 1 aliphatic heterocycles. The summed E-state index contributed by atoms with van der Waals surface area (Å²) in [4.78, 5) is 1.89. The molecule has 20 heavy (non-hydrogen) atoms. The molecule has 0 aliphatic carbocycles. The van der Waals surface area contributed by atoms with E-state index in [1.165, 1.54) is 0 Å². The number of benzene rings is 1. The van der Waals surface area contributed by atoms with E-state index >= 15 is 0 Å². The Morgan fingerprint density at radius 3 is 2.45 bits per heavy atom. The third kappa shape index (κ3) is 3.52. The van der Waals surface area contributed by atoms with Crippen LogP contribution in [0.15, 0.2) is 30.3 Å². The van der Waals surface area contributed by atoms with E-state index < -0.39 is 12.1 Å². The van der Waals surface area contributed by atoms with Crippen LogP contribution in [0.1, 0.15) is 31.4 Å². The highest BCUT2D eigenvalue weighted by atomic mass is 19.4. The minimum Gasteiger partial charge on any atom is -0.326 e. The van der Waals surface area contributed by atoms with Crippen LogP contribution in [0.25, 0.3) is 0 Å². The van der Waals surface area contributed by atoms with Gasteiger partial charge in [0, 0.05) is 18.6 Å². The second kappa shape index (κ2) is 6.14. The van der Waals surface area contributed by atoms with Gasteiger partial charge in [0.1, 0.15) is 0 Å². The number of hydrogen-bond acceptors (Lipinski definition) is 2. The fourth-order valence-electron chi connectivity index (χ4n) is 3.02. The maximum atomic E-state index is 12.9. The molecule has 0 radical (unpaired) electrons. The largest absolute Gasteiger partial charge is 0.393 e. The number of halogens is 3. The van der Waals surface area contributed by atoms with Crippen molar-refractivity contribution in [2.45, 2.75) is 38.0 Å². The highest BCUT2D eigenvalue weighted by Gasteiger charge is 2.43. The molecule has 3 unspecified atom stereocenters. The lowest BCUT2D eigenvalue weighted by Gasteiger charge is -2.40. The van der Waals surface area contributed by atoms with Gasteiger partial charge in [-0.25, -0.2) is 0 Å². The molecule has 5 heteroatoms. The first-order valence-corrected chi connectivity index (χ1v) is 7.01. The molecule has 0 bridgehead atoms. The predicted octanol–water partition coefficient (Wildman–Crippen LogP) is 3.35. The number of alkyl halides is 3. The zero-order valence-electron chi connectivity index (χ0n) is 11.6. The van der Waals surface area contributed by atoms with Crippen molar-refractivity contribution in [3.63, 3.8) is 0 Å². The van der Waals surface area contributed by atoms with E-state index in [9.17, 15) is 13.2 Å². The average molecular weight is 286 g/mol. The molecule has 1 saturated heterocycles. The van der Waals surface area contributed by atoms with Crippen LogP contribution in [0.3, 0.4) is 0 Å². The van der Waals surface area contributed by atoms with E-state index in [0.717, 1.165) is 5.56 Å². The highest BCUT2D eigenvalue weighted by Crippen LogP contribution is 2.36. The van der Waals surface area contributed by atoms with Gasteiger partial charge in [0.05, 0.1) is 5.92 Å². The molecule has 2 N–H and O–H groups in total. The number of piperidine rings is 1. The summed E-state index contributed by atoms with van der Waals surface area (Å²) in [5.41, 5.74) is 7.02. The van der Waals surface area contributed by atoms with Gasteiger partial charge in [-0.15, -0.1) is 0 Å². The van der Waals surface area contributed by atoms with Crippen LogP contribution in [-0.2, 0) is 0 Å². The smallest absolute Gasteiger partial charge is 0.326 e. The van der Waals surface area contributed by atoms with Crippen LogP contribution in [0.4, 0.5) is 13.2 Å². The molecule has 1 heterocycles. The Balaban J connectivity index is 2.18. The zero-order chi connectivity index (χ0) is 14.8. The maximum Gasteiger partial charge on any atom is 0.393 e. The SMILES string of the molecule is CC(N)C(c1ccccc1)N1CCCC(C(F)(F)F)C1. The quantitative estimate of drug-likeness (QED) is 0.923. The molecular formula is C15H21F3N2. The lowest BCUT2D eigenvalue weighted by Crippen LogP contribution is -2.47. The number of hydrogen-bond donors (Lipinski definition) is 1. The van der Waals surface area contributed by atoms with E-state index in [4.69, 9.17) is 5.73 Å². The second-order valence-corrected chi connectivity index (χ2v) is 5.59. The minimum atomic E-state index is -4.11. The van der Waals surface area contributed by atoms with Gasteiger partial charge < -0.3 is 5.73 Å². The van der Waals surface area contributed by atoms with Crippen LogP contribution < -0.4 is 5.73 Å². The number of likely N-dealkylation sites (tertiary alicyclic amines) is 1. The van der Waals surface area contributed by atoms with Gasteiger partial charge in [0.25, 0.3) is 0 Å². The van der Waals surface area contributed by atoms with Crippen molar-refractivity contribution in [3.05, 3.63) is 35.9 Å². The highest BCUT2D eigenvalue weighted by molar-refractivity contribution is 5.20. The number of rotatable bonds is 3. The molecule has 0 aromatic heterocycles. The summed E-state index contributed by atoms with van der Waals surface area (Å²) < 4.78 is 38.8. The molecular weight excluding hydrogens is 265 g/mol. The molecule has 0 spiro atoms. The van der Waals surface area contributed by atoms with E-state index in [-0.39, 0.29) is 25.0 Å². The Morgan fingerprint density at radius 1 is 1.25 bits per heavy atom. The first-order valence-electron chi connectivity index (χ1n) is 7.01. The molecule has 0 amide bonds. The lowest BCUT2D eigenvalue weighted by molar-refractivity contribution is -0.189. The van der Waals surface area contributed by atoms with Crippen molar-refractivity contribution in [1.82, 2.24) is 4.90 Å². The minimum absolute atomic E-state index is 0.0462.